The average molecular weight is 290 g/mol. The number of rotatable bonds is 7. The van der Waals surface area contributed by atoms with E-state index in [4.69, 9.17) is 4.74 Å². The van der Waals surface area contributed by atoms with Crippen molar-refractivity contribution >= 4 is 5.82 Å². The molecular weight excluding hydrogens is 264 g/mol. The molecule has 1 aromatic rings. The lowest BCUT2D eigenvalue weighted by Crippen LogP contribution is -2.44. The van der Waals surface area contributed by atoms with Crippen LogP contribution in [0.5, 0.6) is 5.88 Å². The third-order valence-corrected chi connectivity index (χ3v) is 4.19. The largest absolute Gasteiger partial charge is 0.478 e. The Balaban J connectivity index is 1.67. The molecule has 1 saturated carbocycles. The van der Waals surface area contributed by atoms with E-state index >= 15 is 0 Å². The maximum Gasteiger partial charge on any atom is 0.218 e. The van der Waals surface area contributed by atoms with Gasteiger partial charge in [0.1, 0.15) is 12.1 Å². The van der Waals surface area contributed by atoms with Crippen molar-refractivity contribution in [2.45, 2.75) is 57.5 Å². The summed E-state index contributed by atoms with van der Waals surface area (Å²) in [6.45, 7) is 5.02. The van der Waals surface area contributed by atoms with Gasteiger partial charge in [0, 0.05) is 24.7 Å². The molecule has 0 amide bonds. The van der Waals surface area contributed by atoms with Crippen LogP contribution in [-0.4, -0.2) is 41.7 Å². The topological polar surface area (TPSA) is 50.3 Å². The van der Waals surface area contributed by atoms with Gasteiger partial charge < -0.3 is 15.0 Å². The van der Waals surface area contributed by atoms with Crippen molar-refractivity contribution in [2.24, 2.45) is 0 Å². The van der Waals surface area contributed by atoms with Gasteiger partial charge in [-0.15, -0.1) is 0 Å². The zero-order valence-corrected chi connectivity index (χ0v) is 12.9. The lowest BCUT2D eigenvalue weighted by molar-refractivity contribution is 0.304. The smallest absolute Gasteiger partial charge is 0.218 e. The van der Waals surface area contributed by atoms with E-state index in [-0.39, 0.29) is 0 Å². The van der Waals surface area contributed by atoms with Gasteiger partial charge in [-0.25, -0.2) is 9.97 Å². The molecule has 0 bridgehead atoms. The first-order valence-corrected chi connectivity index (χ1v) is 8.31. The molecule has 5 heteroatoms. The van der Waals surface area contributed by atoms with E-state index in [1.807, 2.05) is 6.07 Å². The average Bonchev–Trinajstić information content (AvgIpc) is 3.37. The second-order valence-corrected chi connectivity index (χ2v) is 6.09. The summed E-state index contributed by atoms with van der Waals surface area (Å²) in [6, 6.07) is 3.24. The molecule has 0 spiro atoms. The van der Waals surface area contributed by atoms with Gasteiger partial charge in [-0.3, -0.25) is 0 Å². The Morgan fingerprint density at radius 3 is 2.90 bits per heavy atom. The molecule has 1 aromatic heterocycles. The Labute approximate surface area is 127 Å². The molecule has 1 saturated heterocycles. The first-order valence-electron chi connectivity index (χ1n) is 8.31. The Kier molecular flexibility index (Phi) is 4.91. The van der Waals surface area contributed by atoms with Crippen LogP contribution in [0.4, 0.5) is 5.82 Å². The number of piperidine rings is 1. The summed E-state index contributed by atoms with van der Waals surface area (Å²) in [5.74, 6) is 1.72. The van der Waals surface area contributed by atoms with Crippen molar-refractivity contribution in [1.29, 1.82) is 0 Å². The van der Waals surface area contributed by atoms with Crippen molar-refractivity contribution < 1.29 is 4.74 Å². The molecule has 2 aliphatic rings. The highest BCUT2D eigenvalue weighted by Crippen LogP contribution is 2.32. The van der Waals surface area contributed by atoms with Crippen LogP contribution >= 0.6 is 0 Å². The molecule has 116 valence electrons. The highest BCUT2D eigenvalue weighted by Gasteiger charge is 2.32. The minimum Gasteiger partial charge on any atom is -0.478 e. The van der Waals surface area contributed by atoms with Gasteiger partial charge in [-0.2, -0.15) is 0 Å². The number of hydrogen-bond acceptors (Lipinski definition) is 5. The van der Waals surface area contributed by atoms with Crippen LogP contribution in [0.25, 0.3) is 0 Å². The molecule has 3 rings (SSSR count). The van der Waals surface area contributed by atoms with Crippen molar-refractivity contribution in [3.05, 3.63) is 12.4 Å². The monoisotopic (exact) mass is 290 g/mol. The van der Waals surface area contributed by atoms with Crippen molar-refractivity contribution in [2.75, 3.05) is 24.6 Å². The highest BCUT2D eigenvalue weighted by atomic mass is 16.5. The third-order valence-electron chi connectivity index (χ3n) is 4.19. The normalized spacial score (nSPS) is 22.0. The van der Waals surface area contributed by atoms with Crippen molar-refractivity contribution in [3.8, 4) is 5.88 Å². The van der Waals surface area contributed by atoms with E-state index in [2.05, 4.69) is 27.1 Å². The highest BCUT2D eigenvalue weighted by molar-refractivity contribution is 5.43. The second-order valence-electron chi connectivity index (χ2n) is 6.09. The Morgan fingerprint density at radius 1 is 1.29 bits per heavy atom. The summed E-state index contributed by atoms with van der Waals surface area (Å²) in [5, 5.41) is 3.63. The molecule has 1 unspecified atom stereocenters. The van der Waals surface area contributed by atoms with Gasteiger partial charge in [0.15, 0.2) is 0 Å². The van der Waals surface area contributed by atoms with Crippen LogP contribution in [-0.2, 0) is 0 Å². The maximum absolute atomic E-state index is 5.64. The molecule has 0 aromatic carbocycles. The number of nitrogens with zero attached hydrogens (tertiary/aromatic N) is 3. The van der Waals surface area contributed by atoms with Gasteiger partial charge in [-0.1, -0.05) is 13.3 Å². The standard InChI is InChI=1S/C16H26N4O/c1-2-9-21-16-10-15(18-12-19-16)20(14-6-7-14)11-13-5-3-4-8-17-13/h10,12-14,17H,2-9,11H2,1H3. The maximum atomic E-state index is 5.64. The van der Waals surface area contributed by atoms with Gasteiger partial charge in [0.2, 0.25) is 5.88 Å². The predicted octanol–water partition coefficient (Wildman–Crippen LogP) is 2.38. The second kappa shape index (κ2) is 7.07. The Morgan fingerprint density at radius 2 is 2.19 bits per heavy atom. The number of aromatic nitrogens is 2. The fourth-order valence-electron chi connectivity index (χ4n) is 2.91. The lowest BCUT2D eigenvalue weighted by atomic mass is 10.0. The summed E-state index contributed by atoms with van der Waals surface area (Å²) >= 11 is 0. The number of anilines is 1. The van der Waals surface area contributed by atoms with E-state index in [1.165, 1.54) is 32.1 Å². The van der Waals surface area contributed by atoms with Crippen LogP contribution in [0.15, 0.2) is 12.4 Å². The van der Waals surface area contributed by atoms with Crippen LogP contribution in [0.3, 0.4) is 0 Å². The van der Waals surface area contributed by atoms with E-state index in [1.54, 1.807) is 6.33 Å². The molecule has 21 heavy (non-hydrogen) atoms. The van der Waals surface area contributed by atoms with E-state index in [0.29, 0.717) is 24.6 Å². The molecule has 0 radical (unpaired) electrons. The molecule has 5 nitrogen and oxygen atoms in total. The number of nitrogens with one attached hydrogen (secondary N) is 1. The van der Waals surface area contributed by atoms with Crippen LogP contribution in [0, 0.1) is 0 Å². The summed E-state index contributed by atoms with van der Waals surface area (Å²) in [7, 11) is 0. The quantitative estimate of drug-likeness (QED) is 0.835. The van der Waals surface area contributed by atoms with Gasteiger partial charge in [-0.05, 0) is 38.6 Å². The van der Waals surface area contributed by atoms with Gasteiger partial charge >= 0.3 is 0 Å². The molecular formula is C16H26N4O. The zero-order chi connectivity index (χ0) is 14.5. The number of ether oxygens (including phenoxy) is 1. The minimum atomic E-state index is 0.592. The van der Waals surface area contributed by atoms with E-state index in [0.717, 1.165) is 25.3 Å². The summed E-state index contributed by atoms with van der Waals surface area (Å²) in [4.78, 5) is 11.1. The van der Waals surface area contributed by atoms with Crippen molar-refractivity contribution in [3.63, 3.8) is 0 Å². The molecule has 2 fully saturated rings. The molecule has 1 atom stereocenters. The molecule has 1 aliphatic carbocycles. The summed E-state index contributed by atoms with van der Waals surface area (Å²) in [6.07, 6.45) is 9.10. The van der Waals surface area contributed by atoms with Gasteiger partial charge in [0.25, 0.3) is 0 Å². The molecule has 1 N–H and O–H groups in total. The SMILES string of the molecule is CCCOc1cc(N(CC2CCCCN2)C2CC2)ncn1. The molecule has 1 aliphatic heterocycles. The Hall–Kier alpha value is -1.36. The predicted molar refractivity (Wildman–Crippen MR) is 83.8 cm³/mol. The summed E-state index contributed by atoms with van der Waals surface area (Å²) in [5.41, 5.74) is 0. The van der Waals surface area contributed by atoms with Crippen LogP contribution in [0.2, 0.25) is 0 Å². The minimum absolute atomic E-state index is 0.592. The third kappa shape index (κ3) is 4.06. The lowest BCUT2D eigenvalue weighted by Gasteiger charge is -2.31. The van der Waals surface area contributed by atoms with E-state index in [9.17, 15) is 0 Å². The Bertz CT molecular complexity index is 444. The fourth-order valence-corrected chi connectivity index (χ4v) is 2.91. The fraction of sp³-hybridized carbons (Fsp3) is 0.750. The number of hydrogen-bond donors (Lipinski definition) is 1. The summed E-state index contributed by atoms with van der Waals surface area (Å²) < 4.78 is 5.64. The molecule has 2 heterocycles. The van der Waals surface area contributed by atoms with Crippen LogP contribution < -0.4 is 15.0 Å². The van der Waals surface area contributed by atoms with Gasteiger partial charge in [0.05, 0.1) is 6.61 Å². The van der Waals surface area contributed by atoms with Crippen molar-refractivity contribution in [1.82, 2.24) is 15.3 Å². The first kappa shape index (κ1) is 14.6. The van der Waals surface area contributed by atoms with Crippen LogP contribution in [0.1, 0.15) is 45.4 Å². The van der Waals surface area contributed by atoms with E-state index < -0.39 is 0 Å². The zero-order valence-electron chi connectivity index (χ0n) is 12.9. The first-order chi connectivity index (χ1) is 10.4.